The normalized spacial score (nSPS) is 27.2. The molecule has 1 aromatic rings. The predicted molar refractivity (Wildman–Crippen MR) is 74.4 cm³/mol. The molecule has 1 aromatic heterocycles. The van der Waals surface area contributed by atoms with E-state index in [-0.39, 0.29) is 5.97 Å². The smallest absolute Gasteiger partial charge is 0.325 e. The molecule has 0 aliphatic heterocycles. The van der Waals surface area contributed by atoms with E-state index in [0.29, 0.717) is 18.1 Å². The molecule has 98 valence electrons. The summed E-state index contributed by atoms with van der Waals surface area (Å²) < 4.78 is 5.74. The molecule has 0 bridgehead atoms. The fourth-order valence-electron chi connectivity index (χ4n) is 2.13. The van der Waals surface area contributed by atoms with Crippen LogP contribution in [0.3, 0.4) is 0 Å². The maximum atomic E-state index is 11.6. The van der Waals surface area contributed by atoms with Gasteiger partial charge < -0.3 is 10.5 Å². The van der Waals surface area contributed by atoms with Gasteiger partial charge in [-0.1, -0.05) is 0 Å². The highest BCUT2D eigenvalue weighted by atomic mass is 79.9. The summed E-state index contributed by atoms with van der Waals surface area (Å²) in [6, 6.07) is 3.84. The number of carbonyl (C=O) groups excluding carboxylic acids is 1. The quantitative estimate of drug-likeness (QED) is 0.862. The highest BCUT2D eigenvalue weighted by molar-refractivity contribution is 9.10. The fourth-order valence-corrected chi connectivity index (χ4v) is 3.90. The number of pyridine rings is 1. The first kappa shape index (κ1) is 13.8. The van der Waals surface area contributed by atoms with E-state index in [1.54, 1.807) is 18.0 Å². The first-order valence-electron chi connectivity index (χ1n) is 5.69. The number of carbonyl (C=O) groups is 1. The third-order valence-corrected chi connectivity index (χ3v) is 5.29. The molecule has 0 saturated heterocycles. The minimum absolute atomic E-state index is 0.306. The van der Waals surface area contributed by atoms with Crippen LogP contribution in [0.25, 0.3) is 0 Å². The van der Waals surface area contributed by atoms with Crippen molar-refractivity contribution >= 4 is 33.7 Å². The van der Waals surface area contributed by atoms with Crippen LogP contribution in [-0.2, 0) is 9.53 Å². The van der Waals surface area contributed by atoms with Crippen LogP contribution in [0, 0.1) is 0 Å². The molecule has 1 heterocycles. The first-order valence-corrected chi connectivity index (χ1v) is 7.37. The average molecular weight is 331 g/mol. The zero-order valence-corrected chi connectivity index (χ0v) is 12.5. The zero-order chi connectivity index (χ0) is 13.2. The number of nitrogens with two attached hydrogens (primary N) is 1. The Balaban J connectivity index is 2.02. The first-order chi connectivity index (χ1) is 8.55. The van der Waals surface area contributed by atoms with E-state index < -0.39 is 5.54 Å². The van der Waals surface area contributed by atoms with Crippen LogP contribution in [-0.4, -0.2) is 28.9 Å². The molecule has 1 saturated carbocycles. The van der Waals surface area contributed by atoms with Crippen molar-refractivity contribution in [3.8, 4) is 0 Å². The molecule has 2 atom stereocenters. The van der Waals surface area contributed by atoms with Crippen molar-refractivity contribution in [1.29, 1.82) is 0 Å². The Morgan fingerprint density at radius 2 is 2.50 bits per heavy atom. The van der Waals surface area contributed by atoms with Crippen molar-refractivity contribution < 1.29 is 9.53 Å². The number of hydrogen-bond donors (Lipinski definition) is 1. The van der Waals surface area contributed by atoms with Crippen LogP contribution in [0.2, 0.25) is 0 Å². The third kappa shape index (κ3) is 2.87. The Hall–Kier alpha value is -0.590. The minimum atomic E-state index is -0.826. The van der Waals surface area contributed by atoms with Gasteiger partial charge in [0.05, 0.1) is 7.11 Å². The summed E-state index contributed by atoms with van der Waals surface area (Å²) in [6.07, 6.45) is 3.96. The fraction of sp³-hybridized carbons (Fsp3) is 0.500. The lowest BCUT2D eigenvalue weighted by Crippen LogP contribution is -2.46. The topological polar surface area (TPSA) is 65.2 Å². The van der Waals surface area contributed by atoms with Gasteiger partial charge in [0.15, 0.2) is 0 Å². The maximum Gasteiger partial charge on any atom is 0.325 e. The number of halogens is 1. The summed E-state index contributed by atoms with van der Waals surface area (Å²) in [6.45, 7) is 0. The largest absolute Gasteiger partial charge is 0.468 e. The second-order valence-corrected chi connectivity index (χ2v) is 6.56. The molecule has 0 radical (unpaired) electrons. The van der Waals surface area contributed by atoms with E-state index >= 15 is 0 Å². The summed E-state index contributed by atoms with van der Waals surface area (Å²) in [5.41, 5.74) is 5.25. The Morgan fingerprint density at radius 3 is 3.17 bits per heavy atom. The number of hydrogen-bond acceptors (Lipinski definition) is 5. The molecule has 2 unspecified atom stereocenters. The number of nitrogens with zero attached hydrogens (tertiary/aromatic N) is 1. The van der Waals surface area contributed by atoms with Crippen molar-refractivity contribution in [2.24, 2.45) is 5.73 Å². The van der Waals surface area contributed by atoms with Gasteiger partial charge >= 0.3 is 5.97 Å². The van der Waals surface area contributed by atoms with E-state index in [9.17, 15) is 4.79 Å². The van der Waals surface area contributed by atoms with Crippen LogP contribution in [0.5, 0.6) is 0 Å². The average Bonchev–Trinajstić information content (AvgIpc) is 2.74. The number of methoxy groups -OCH3 is 1. The molecular formula is C12H15BrN2O2S. The molecule has 2 N–H and O–H groups in total. The van der Waals surface area contributed by atoms with Gasteiger partial charge in [-0.05, 0) is 47.3 Å². The maximum absolute atomic E-state index is 11.6. The standard InChI is InChI=1S/C12H15BrN2O2S/c1-17-11(16)12(14)5-4-8(7-12)18-10-9(13)3-2-6-15-10/h2-3,6,8H,4-5,7,14H2,1H3. The number of rotatable bonds is 3. The lowest BCUT2D eigenvalue weighted by molar-refractivity contribution is -0.146. The summed E-state index contributed by atoms with van der Waals surface area (Å²) in [5.74, 6) is -0.314. The lowest BCUT2D eigenvalue weighted by atomic mass is 10.00. The summed E-state index contributed by atoms with van der Waals surface area (Å²) >= 11 is 5.13. The van der Waals surface area contributed by atoms with Crippen molar-refractivity contribution in [2.45, 2.75) is 35.1 Å². The van der Waals surface area contributed by atoms with Gasteiger partial charge in [0.25, 0.3) is 0 Å². The van der Waals surface area contributed by atoms with E-state index in [2.05, 4.69) is 20.9 Å². The van der Waals surface area contributed by atoms with E-state index in [1.807, 2.05) is 12.1 Å². The molecule has 18 heavy (non-hydrogen) atoms. The second kappa shape index (κ2) is 5.59. The molecule has 2 rings (SSSR count). The van der Waals surface area contributed by atoms with Crippen LogP contribution in [0.1, 0.15) is 19.3 Å². The van der Waals surface area contributed by atoms with Crippen molar-refractivity contribution in [1.82, 2.24) is 4.98 Å². The van der Waals surface area contributed by atoms with Crippen LogP contribution in [0.4, 0.5) is 0 Å². The number of thioether (sulfide) groups is 1. The molecule has 0 amide bonds. The predicted octanol–water partition coefficient (Wildman–Crippen LogP) is 2.36. The lowest BCUT2D eigenvalue weighted by Gasteiger charge is -2.20. The number of ether oxygens (including phenoxy) is 1. The van der Waals surface area contributed by atoms with Crippen molar-refractivity contribution in [3.05, 3.63) is 22.8 Å². The zero-order valence-electron chi connectivity index (χ0n) is 10.1. The molecule has 1 fully saturated rings. The Morgan fingerprint density at radius 1 is 1.72 bits per heavy atom. The highest BCUT2D eigenvalue weighted by Gasteiger charge is 2.43. The Labute approximate surface area is 119 Å². The number of aromatic nitrogens is 1. The molecule has 1 aliphatic carbocycles. The monoisotopic (exact) mass is 330 g/mol. The van der Waals surface area contributed by atoms with Crippen LogP contribution < -0.4 is 5.73 Å². The van der Waals surface area contributed by atoms with Crippen LogP contribution in [0.15, 0.2) is 27.8 Å². The van der Waals surface area contributed by atoms with Crippen LogP contribution >= 0.6 is 27.7 Å². The van der Waals surface area contributed by atoms with E-state index in [1.165, 1.54) is 7.11 Å². The van der Waals surface area contributed by atoms with Gasteiger partial charge in [-0.25, -0.2) is 4.98 Å². The third-order valence-electron chi connectivity index (χ3n) is 3.10. The van der Waals surface area contributed by atoms with E-state index in [4.69, 9.17) is 10.5 Å². The van der Waals surface area contributed by atoms with Gasteiger partial charge in [0.1, 0.15) is 10.6 Å². The van der Waals surface area contributed by atoms with E-state index in [0.717, 1.165) is 15.9 Å². The van der Waals surface area contributed by atoms with Gasteiger partial charge in [0.2, 0.25) is 0 Å². The van der Waals surface area contributed by atoms with Gasteiger partial charge in [-0.2, -0.15) is 0 Å². The molecule has 1 aliphatic rings. The minimum Gasteiger partial charge on any atom is -0.468 e. The second-order valence-electron chi connectivity index (χ2n) is 4.42. The SMILES string of the molecule is COC(=O)C1(N)CCC(Sc2ncccc2Br)C1. The molecule has 0 aromatic carbocycles. The highest BCUT2D eigenvalue weighted by Crippen LogP contribution is 2.40. The summed E-state index contributed by atoms with van der Waals surface area (Å²) in [5, 5.41) is 1.25. The molecule has 0 spiro atoms. The van der Waals surface area contributed by atoms with Gasteiger partial charge in [0, 0.05) is 15.9 Å². The Kier molecular flexibility index (Phi) is 4.29. The van der Waals surface area contributed by atoms with Gasteiger partial charge in [-0.3, -0.25) is 4.79 Å². The summed E-state index contributed by atoms with van der Waals surface area (Å²) in [4.78, 5) is 15.9. The Bertz CT molecular complexity index is 457. The van der Waals surface area contributed by atoms with Crippen molar-refractivity contribution in [2.75, 3.05) is 7.11 Å². The molecular weight excluding hydrogens is 316 g/mol. The summed E-state index contributed by atoms with van der Waals surface area (Å²) in [7, 11) is 1.38. The van der Waals surface area contributed by atoms with Gasteiger partial charge in [-0.15, -0.1) is 11.8 Å². The molecule has 6 heteroatoms. The molecule has 4 nitrogen and oxygen atoms in total. The van der Waals surface area contributed by atoms with Crippen molar-refractivity contribution in [3.63, 3.8) is 0 Å². The number of esters is 1.